The molecule has 1 fully saturated rings. The van der Waals surface area contributed by atoms with Gasteiger partial charge in [-0.2, -0.15) is 0 Å². The highest BCUT2D eigenvalue weighted by atomic mass is 16.5. The summed E-state index contributed by atoms with van der Waals surface area (Å²) in [5.41, 5.74) is 6.42. The third-order valence-electron chi connectivity index (χ3n) is 3.70. The minimum atomic E-state index is -0.326. The Hall–Kier alpha value is -1.75. The third-order valence-corrected chi connectivity index (χ3v) is 3.70. The Kier molecular flexibility index (Phi) is 5.07. The molecule has 1 aliphatic rings. The fourth-order valence-electron chi connectivity index (χ4n) is 2.47. The average molecular weight is 292 g/mol. The summed E-state index contributed by atoms with van der Waals surface area (Å²) in [5, 5.41) is 2.89. The smallest absolute Gasteiger partial charge is 0.226 e. The fourth-order valence-corrected chi connectivity index (χ4v) is 2.47. The summed E-state index contributed by atoms with van der Waals surface area (Å²) >= 11 is 0. The Morgan fingerprint density at radius 1 is 1.29 bits per heavy atom. The number of hydrogen-bond donors (Lipinski definition) is 2. The number of nitrogens with two attached hydrogens (primary N) is 1. The summed E-state index contributed by atoms with van der Waals surface area (Å²) in [5.74, 6) is 1.28. The van der Waals surface area contributed by atoms with Crippen molar-refractivity contribution < 1.29 is 14.3 Å². The summed E-state index contributed by atoms with van der Waals surface area (Å²) in [6, 6.07) is 5.43. The standard InChI is InChI=1S/C16H24N2O3/c1-3-20-12-6-7-14(21-4-2)13(10-12)18-15(19)11-16(17)8-5-9-16/h6-7,10H,3-5,8-9,11,17H2,1-2H3,(H,18,19). The van der Waals surface area contributed by atoms with Crippen LogP contribution in [0.4, 0.5) is 5.69 Å². The van der Waals surface area contributed by atoms with E-state index in [2.05, 4.69) is 5.32 Å². The molecule has 5 nitrogen and oxygen atoms in total. The summed E-state index contributed by atoms with van der Waals surface area (Å²) in [6.07, 6.45) is 3.28. The molecule has 1 saturated carbocycles. The van der Waals surface area contributed by atoms with Crippen LogP contribution in [0.25, 0.3) is 0 Å². The van der Waals surface area contributed by atoms with Crippen molar-refractivity contribution in [3.8, 4) is 11.5 Å². The minimum Gasteiger partial charge on any atom is -0.494 e. The van der Waals surface area contributed by atoms with E-state index in [0.717, 1.165) is 19.3 Å². The minimum absolute atomic E-state index is 0.0770. The summed E-state index contributed by atoms with van der Waals surface area (Å²) in [6.45, 7) is 4.94. The quantitative estimate of drug-likeness (QED) is 0.810. The molecule has 0 aromatic heterocycles. The van der Waals surface area contributed by atoms with E-state index in [4.69, 9.17) is 15.2 Å². The highest BCUT2D eigenvalue weighted by Gasteiger charge is 2.34. The average Bonchev–Trinajstić information content (AvgIpc) is 2.40. The van der Waals surface area contributed by atoms with E-state index in [1.807, 2.05) is 26.0 Å². The van der Waals surface area contributed by atoms with Gasteiger partial charge in [0.2, 0.25) is 5.91 Å². The zero-order valence-electron chi connectivity index (χ0n) is 12.8. The van der Waals surface area contributed by atoms with Crippen LogP contribution in [0.1, 0.15) is 39.5 Å². The number of amides is 1. The number of carbonyl (C=O) groups excluding carboxylic acids is 1. The van der Waals surface area contributed by atoms with Crippen LogP contribution in [0.2, 0.25) is 0 Å². The summed E-state index contributed by atoms with van der Waals surface area (Å²) in [4.78, 5) is 12.2. The number of ether oxygens (including phenoxy) is 2. The molecule has 0 radical (unpaired) electrons. The molecular formula is C16H24N2O3. The number of carbonyl (C=O) groups is 1. The lowest BCUT2D eigenvalue weighted by molar-refractivity contribution is -0.118. The van der Waals surface area contributed by atoms with E-state index in [1.54, 1.807) is 6.07 Å². The summed E-state index contributed by atoms with van der Waals surface area (Å²) in [7, 11) is 0. The van der Waals surface area contributed by atoms with Crippen LogP contribution in [0.3, 0.4) is 0 Å². The normalized spacial score (nSPS) is 16.0. The highest BCUT2D eigenvalue weighted by Crippen LogP contribution is 2.34. The van der Waals surface area contributed by atoms with Gasteiger partial charge >= 0.3 is 0 Å². The van der Waals surface area contributed by atoms with Gasteiger partial charge in [-0.15, -0.1) is 0 Å². The van der Waals surface area contributed by atoms with Gasteiger partial charge in [0.1, 0.15) is 11.5 Å². The van der Waals surface area contributed by atoms with Crippen LogP contribution in [0.5, 0.6) is 11.5 Å². The number of benzene rings is 1. The SMILES string of the molecule is CCOc1ccc(OCC)c(NC(=O)CC2(N)CCC2)c1. The van der Waals surface area contributed by atoms with Gasteiger partial charge < -0.3 is 20.5 Å². The first kappa shape index (κ1) is 15.6. The predicted molar refractivity (Wildman–Crippen MR) is 82.8 cm³/mol. The van der Waals surface area contributed by atoms with E-state index in [-0.39, 0.29) is 11.4 Å². The van der Waals surface area contributed by atoms with Crippen molar-refractivity contribution in [1.82, 2.24) is 0 Å². The van der Waals surface area contributed by atoms with Gasteiger partial charge in [-0.3, -0.25) is 4.79 Å². The molecular weight excluding hydrogens is 268 g/mol. The van der Waals surface area contributed by atoms with E-state index in [9.17, 15) is 4.79 Å². The molecule has 5 heteroatoms. The second-order valence-electron chi connectivity index (χ2n) is 5.46. The zero-order chi connectivity index (χ0) is 15.3. The van der Waals surface area contributed by atoms with Crippen LogP contribution in [0, 0.1) is 0 Å². The van der Waals surface area contributed by atoms with Crippen molar-refractivity contribution >= 4 is 11.6 Å². The lowest BCUT2D eigenvalue weighted by atomic mass is 9.75. The van der Waals surface area contributed by atoms with Crippen LogP contribution in [-0.4, -0.2) is 24.7 Å². The van der Waals surface area contributed by atoms with Crippen LogP contribution >= 0.6 is 0 Å². The van der Waals surface area contributed by atoms with Gasteiger partial charge in [-0.05, 0) is 45.2 Å². The van der Waals surface area contributed by atoms with E-state index in [1.165, 1.54) is 0 Å². The number of rotatable bonds is 7. The lowest BCUT2D eigenvalue weighted by Crippen LogP contribution is -2.48. The molecule has 0 aliphatic heterocycles. The predicted octanol–water partition coefficient (Wildman–Crippen LogP) is 2.69. The molecule has 0 atom stereocenters. The molecule has 0 bridgehead atoms. The maximum absolute atomic E-state index is 12.2. The maximum atomic E-state index is 12.2. The molecule has 0 saturated heterocycles. The van der Waals surface area contributed by atoms with Gasteiger partial charge in [0.15, 0.2) is 0 Å². The number of nitrogens with one attached hydrogen (secondary N) is 1. The van der Waals surface area contributed by atoms with Crippen molar-refractivity contribution in [2.24, 2.45) is 5.73 Å². The van der Waals surface area contributed by atoms with Gasteiger partial charge in [-0.1, -0.05) is 0 Å². The van der Waals surface area contributed by atoms with Crippen molar-refractivity contribution in [2.45, 2.75) is 45.1 Å². The Morgan fingerprint density at radius 3 is 2.57 bits per heavy atom. The molecule has 0 spiro atoms. The maximum Gasteiger partial charge on any atom is 0.226 e. The Bertz CT molecular complexity index is 498. The van der Waals surface area contributed by atoms with E-state index >= 15 is 0 Å². The second-order valence-corrected chi connectivity index (χ2v) is 5.46. The van der Waals surface area contributed by atoms with Crippen LogP contribution in [0.15, 0.2) is 18.2 Å². The van der Waals surface area contributed by atoms with Crippen molar-refractivity contribution in [2.75, 3.05) is 18.5 Å². The molecule has 1 aromatic rings. The molecule has 0 unspecified atom stereocenters. The van der Waals surface area contributed by atoms with Gasteiger partial charge in [0.05, 0.1) is 18.9 Å². The highest BCUT2D eigenvalue weighted by molar-refractivity contribution is 5.93. The third kappa shape index (κ3) is 4.11. The van der Waals surface area contributed by atoms with Gasteiger partial charge in [-0.25, -0.2) is 0 Å². The molecule has 2 rings (SSSR count). The van der Waals surface area contributed by atoms with Gasteiger partial charge in [0.25, 0.3) is 0 Å². The fraction of sp³-hybridized carbons (Fsp3) is 0.562. The topological polar surface area (TPSA) is 73.6 Å². The van der Waals surface area contributed by atoms with E-state index in [0.29, 0.717) is 36.8 Å². The number of hydrogen-bond acceptors (Lipinski definition) is 4. The first-order valence-corrected chi connectivity index (χ1v) is 7.54. The molecule has 3 N–H and O–H groups in total. The molecule has 21 heavy (non-hydrogen) atoms. The van der Waals surface area contributed by atoms with Crippen LogP contribution in [-0.2, 0) is 4.79 Å². The zero-order valence-corrected chi connectivity index (χ0v) is 12.8. The molecule has 0 heterocycles. The Labute approximate surface area is 125 Å². The first-order valence-electron chi connectivity index (χ1n) is 7.54. The molecule has 1 aliphatic carbocycles. The lowest BCUT2D eigenvalue weighted by Gasteiger charge is -2.37. The monoisotopic (exact) mass is 292 g/mol. The molecule has 1 aromatic carbocycles. The van der Waals surface area contributed by atoms with E-state index < -0.39 is 0 Å². The molecule has 1 amide bonds. The second kappa shape index (κ2) is 6.80. The summed E-state index contributed by atoms with van der Waals surface area (Å²) < 4.78 is 11.0. The number of anilines is 1. The van der Waals surface area contributed by atoms with Crippen molar-refractivity contribution in [3.63, 3.8) is 0 Å². The van der Waals surface area contributed by atoms with Crippen molar-refractivity contribution in [3.05, 3.63) is 18.2 Å². The largest absolute Gasteiger partial charge is 0.494 e. The molecule has 116 valence electrons. The van der Waals surface area contributed by atoms with Gasteiger partial charge in [0, 0.05) is 18.0 Å². The van der Waals surface area contributed by atoms with Crippen molar-refractivity contribution in [1.29, 1.82) is 0 Å². The Balaban J connectivity index is 2.07. The Morgan fingerprint density at radius 2 is 2.00 bits per heavy atom. The van der Waals surface area contributed by atoms with Crippen LogP contribution < -0.4 is 20.5 Å². The first-order chi connectivity index (χ1) is 10.1.